The summed E-state index contributed by atoms with van der Waals surface area (Å²) in [6.07, 6.45) is 4.73. The molecule has 0 atom stereocenters. The number of nitrogens with two attached hydrogens (primary N) is 1. The molecule has 0 aliphatic carbocycles. The number of hydrogen-bond donors (Lipinski definition) is 4. The second kappa shape index (κ2) is 39.9. The van der Waals surface area contributed by atoms with Gasteiger partial charge in [0.2, 0.25) is 27.6 Å². The Morgan fingerprint density at radius 1 is 0.489 bits per heavy atom. The normalized spacial score (nSPS) is 10.6. The van der Waals surface area contributed by atoms with Crippen molar-refractivity contribution in [2.75, 3.05) is 19.6 Å². The van der Waals surface area contributed by atoms with Crippen molar-refractivity contribution in [2.24, 2.45) is 5.73 Å². The zero-order valence-corrected chi connectivity index (χ0v) is 65.1. The van der Waals surface area contributed by atoms with Crippen LogP contribution in [0.3, 0.4) is 0 Å². The number of alkyl carbamates (subject to hydrolysis) is 1. The van der Waals surface area contributed by atoms with Crippen molar-refractivity contribution in [1.29, 1.82) is 0 Å². The molecule has 0 bridgehead atoms. The van der Waals surface area contributed by atoms with Crippen molar-refractivity contribution >= 4 is 288 Å². The van der Waals surface area contributed by atoms with Crippen LogP contribution in [-0.4, -0.2) is 48.3 Å². The lowest BCUT2D eigenvalue weighted by Gasteiger charge is -2.19. The van der Waals surface area contributed by atoms with Gasteiger partial charge in [-0.2, -0.15) is 0 Å². The molecular formula is C59H54ClN3O13S18. The molecule has 2 aromatic heterocycles. The predicted molar refractivity (Wildman–Crippen MR) is 433 cm³/mol. The van der Waals surface area contributed by atoms with E-state index in [1.807, 2.05) is 27.7 Å². The van der Waals surface area contributed by atoms with Gasteiger partial charge in [-0.1, -0.05) is 73.5 Å². The van der Waals surface area contributed by atoms with Crippen LogP contribution in [0.1, 0.15) is 77.3 Å². The second-order valence-electron chi connectivity index (χ2n) is 20.3. The maximum Gasteiger partial charge on any atom is 0.407 e. The number of nitrogens with one attached hydrogen (secondary N) is 2. The monoisotopic (exact) mass is 1620 g/mol. The van der Waals surface area contributed by atoms with E-state index in [1.165, 1.54) is 36.0 Å². The van der Waals surface area contributed by atoms with Gasteiger partial charge in [-0.05, 0) is 95.3 Å². The number of hydrogen-bond acceptors (Lipinski definition) is 19. The number of ether oxygens (including phenoxy) is 1. The van der Waals surface area contributed by atoms with E-state index in [-0.39, 0.29) is 143 Å². The highest BCUT2D eigenvalue weighted by Gasteiger charge is 2.24. The molecule has 0 unspecified atom stereocenters. The lowest BCUT2D eigenvalue weighted by molar-refractivity contribution is -0.137. The largest absolute Gasteiger partial charge is 0.481 e. The quantitative estimate of drug-likeness (QED) is 0.0800. The van der Waals surface area contributed by atoms with E-state index >= 15 is 0 Å². The molecule has 0 fully saturated rings. The average molecular weight is 1630 g/mol. The highest BCUT2D eigenvalue weighted by Crippen LogP contribution is 2.31. The van der Waals surface area contributed by atoms with Gasteiger partial charge >= 0.3 is 12.1 Å². The summed E-state index contributed by atoms with van der Waals surface area (Å²) in [5, 5.41) is 16.2. The number of carbonyl (C=O) groups excluding carboxylic acids is 2. The molecule has 5 N–H and O–H groups in total. The van der Waals surface area contributed by atoms with Crippen LogP contribution in [0.25, 0.3) is 83.4 Å². The van der Waals surface area contributed by atoms with E-state index < -0.39 is 38.7 Å². The molecule has 0 spiro atoms. The summed E-state index contributed by atoms with van der Waals surface area (Å²) in [7, 11) is 19.0. The van der Waals surface area contributed by atoms with Crippen LogP contribution in [0.15, 0.2) is 123 Å². The molecule has 0 aliphatic heterocycles. The molecule has 0 saturated heterocycles. The fourth-order valence-electron chi connectivity index (χ4n) is 9.44. The van der Waals surface area contributed by atoms with Crippen molar-refractivity contribution in [3.05, 3.63) is 178 Å². The minimum Gasteiger partial charge on any atom is -0.481 e. The van der Waals surface area contributed by atoms with Crippen molar-refractivity contribution in [2.45, 2.75) is 84.7 Å². The number of carbonyl (C=O) groups is 3. The molecule has 2 heterocycles. The standard InChI is InChI=1S/C25H17NO5S.C23H12O6S.C11H24N2O2.ClH.S13.S3/c1-2-26-17(27)10-8-12-7-9-15-16(11-12)21(29)19-18-20(28)13-5-3-4-6-14(13)22(30)24(18)32-25(19)23(15)31;24-15(25)8-6-10-5-7-13-14(9-10)19(27)17-16-18(26)11-3-1-2-4-12(11)20(28)22(16)30-23(17)21(13)29;1-11(2,3)15-10(14)13-9-7-5-4-6-8-12;;1-3-5-7-9-11-13-12-10-8-6-4-2;1-3-2/h3-7,9,11H,2,8,10H2,1H3,(H,26,27);1-5,7,9H,6,8H2,(H,24,25);4-9,12H2,1-3H3,(H,13,14);1H;;. The first-order valence-corrected chi connectivity index (χ1v) is 47.7. The number of rotatable bonds is 13. The molecule has 35 heteroatoms. The van der Waals surface area contributed by atoms with Gasteiger partial charge < -0.3 is 26.2 Å². The number of thiophene rings is 2. The topological polar surface area (TPSA) is 267 Å². The van der Waals surface area contributed by atoms with Crippen LogP contribution in [0, 0.1) is 0 Å². The van der Waals surface area contributed by atoms with Crippen molar-refractivity contribution in [1.82, 2.24) is 10.6 Å². The first-order chi connectivity index (χ1) is 44.6. The Morgan fingerprint density at radius 2 is 0.830 bits per heavy atom. The van der Waals surface area contributed by atoms with Gasteiger partial charge in [0.05, 0.1) is 40.3 Å². The molecule has 0 aliphatic rings. The summed E-state index contributed by atoms with van der Waals surface area (Å²) in [6.45, 7) is 9.37. The van der Waals surface area contributed by atoms with Crippen LogP contribution >= 0.6 is 35.1 Å². The third kappa shape index (κ3) is 21.3. The van der Waals surface area contributed by atoms with Crippen molar-refractivity contribution < 1.29 is 24.2 Å². The summed E-state index contributed by atoms with van der Waals surface area (Å²) in [4.78, 5) is 139. The number of unbranched alkanes of at least 4 members (excludes halogenated alkanes) is 3. The summed E-state index contributed by atoms with van der Waals surface area (Å²) in [5.41, 5.74) is 3.04. The third-order valence-corrected chi connectivity index (χ3v) is 37.8. The van der Waals surface area contributed by atoms with Crippen molar-refractivity contribution in [3.8, 4) is 0 Å². The zero-order chi connectivity index (χ0) is 67.9. The maximum atomic E-state index is 13.5. The fourth-order valence-corrected chi connectivity index (χ4v) is 36.5. The summed E-state index contributed by atoms with van der Waals surface area (Å²) >= 11 is 19.5. The van der Waals surface area contributed by atoms with Gasteiger partial charge in [-0.15, -0.1) is 35.1 Å². The fraction of sp³-hybridized carbons (Fsp3) is 0.271. The number of benzene rings is 8. The van der Waals surface area contributed by atoms with Gasteiger partial charge in [-0.25, -0.2) is 4.79 Å². The van der Waals surface area contributed by atoms with Crippen LogP contribution < -0.4 is 59.8 Å². The SMILES string of the molecule is CC(C)(C)OC(=O)NCCCCCCN.CCNC(=O)CCc1ccc2c(=O)c3sc4c(=O)c5ccccc5c(=O)c4c3c(=O)c2c1.Cl.O=C(O)CCc1ccc2c(=O)c3sc4c(=O)c5ccccc5c(=O)c4c3c(=O)c2c1.S=S=S.S=S=S=S=S=S=S=S=S=S=S=S=S. The van der Waals surface area contributed by atoms with E-state index in [0.717, 1.165) is 69.3 Å². The van der Waals surface area contributed by atoms with Gasteiger partial charge in [0.15, 0.2) is 21.7 Å². The summed E-state index contributed by atoms with van der Waals surface area (Å²) < 4.78 is 5.59. The smallest absolute Gasteiger partial charge is 0.407 e. The van der Waals surface area contributed by atoms with E-state index in [2.05, 4.69) is 33.0 Å². The molecule has 0 saturated carbocycles. The lowest BCUT2D eigenvalue weighted by Crippen LogP contribution is -2.32. The minimum absolute atomic E-state index is 0. The van der Waals surface area contributed by atoms with E-state index in [0.29, 0.717) is 25.1 Å². The number of amides is 2. The number of aryl methyl sites for hydroxylation is 2. The average Bonchev–Trinajstić information content (AvgIpc) is 1.55. The Hall–Kier alpha value is -4.38. The van der Waals surface area contributed by atoms with Gasteiger partial charge in [-0.3, -0.25) is 47.9 Å². The Bertz CT molecular complexity index is 5580. The number of fused-ring (bicyclic) bond motifs is 10. The number of halogens is 1. The maximum absolute atomic E-state index is 13.5. The Morgan fingerprint density at radius 3 is 1.18 bits per heavy atom. The molecule has 498 valence electrons. The molecular weight excluding hydrogens is 1570 g/mol. The van der Waals surface area contributed by atoms with E-state index in [1.54, 1.807) is 147 Å². The Balaban J connectivity index is 0.000000238. The first kappa shape index (κ1) is 80.3. The second-order valence-corrected chi connectivity index (χ2v) is 43.6. The minimum atomic E-state index is -0.966. The molecule has 94 heavy (non-hydrogen) atoms. The molecule has 10 aromatic rings. The first-order valence-electron chi connectivity index (χ1n) is 27.4. The van der Waals surface area contributed by atoms with Crippen molar-refractivity contribution in [3.63, 3.8) is 0 Å². The van der Waals surface area contributed by atoms with E-state index in [9.17, 15) is 52.7 Å². The molecule has 10 rings (SSSR count). The predicted octanol–water partition coefficient (Wildman–Crippen LogP) is 7.85. The molecule has 0 radical (unpaired) electrons. The van der Waals surface area contributed by atoms with Crippen LogP contribution in [0.4, 0.5) is 4.79 Å². The summed E-state index contributed by atoms with van der Waals surface area (Å²) in [5.74, 6) is -1.06. The Kier molecular flexibility index (Phi) is 34.1. The van der Waals surface area contributed by atoms with Crippen LogP contribution in [0.2, 0.25) is 0 Å². The highest BCUT2D eigenvalue weighted by molar-refractivity contribution is 8.75. The zero-order valence-electron chi connectivity index (χ0n) is 49.5. The number of carboxylic acid groups (broad SMARTS) is 1. The van der Waals surface area contributed by atoms with Crippen LogP contribution in [-0.2, 0) is 178 Å². The van der Waals surface area contributed by atoms with Gasteiger partial charge in [0.25, 0.3) is 0 Å². The van der Waals surface area contributed by atoms with E-state index in [4.69, 9.17) is 38.0 Å². The summed E-state index contributed by atoms with van der Waals surface area (Å²) in [6, 6.07) is 22.5. The van der Waals surface area contributed by atoms with Crippen LogP contribution in [0.5, 0.6) is 0 Å². The van der Waals surface area contributed by atoms with Gasteiger partial charge in [0.1, 0.15) is 5.60 Å². The molecule has 16 nitrogen and oxygen atoms in total. The molecule has 8 aromatic carbocycles. The number of carboxylic acids is 1. The highest BCUT2D eigenvalue weighted by atomic mass is 35.5. The number of aliphatic carboxylic acids is 1. The Labute approximate surface area is 603 Å². The molecule has 2 amide bonds. The van der Waals surface area contributed by atoms with Gasteiger partial charge in [0, 0.05) is 220 Å². The third-order valence-electron chi connectivity index (χ3n) is 13.2. The lowest BCUT2D eigenvalue weighted by atomic mass is 9.99.